The number of hydrogen-bond acceptors (Lipinski definition) is 6. The van der Waals surface area contributed by atoms with E-state index in [4.69, 9.17) is 9.47 Å². The van der Waals surface area contributed by atoms with Gasteiger partial charge in [-0.25, -0.2) is 0 Å². The predicted octanol–water partition coefficient (Wildman–Crippen LogP) is 2.94. The molecule has 28 heavy (non-hydrogen) atoms. The Morgan fingerprint density at radius 1 is 1.43 bits per heavy atom. The summed E-state index contributed by atoms with van der Waals surface area (Å²) in [5.41, 5.74) is 0.844. The highest BCUT2D eigenvalue weighted by Gasteiger charge is 2.34. The fraction of sp³-hybridized carbons (Fsp3) is 0.350. The molecule has 0 bridgehead atoms. The summed E-state index contributed by atoms with van der Waals surface area (Å²) in [4.78, 5) is 29.6. The molecule has 1 aliphatic heterocycles. The van der Waals surface area contributed by atoms with Crippen LogP contribution in [-0.4, -0.2) is 34.9 Å². The molecule has 0 spiro atoms. The van der Waals surface area contributed by atoms with Crippen LogP contribution in [0.3, 0.4) is 0 Å². The Hall–Kier alpha value is -2.74. The van der Waals surface area contributed by atoms with Gasteiger partial charge in [0.2, 0.25) is 5.91 Å². The number of rotatable bonds is 7. The average molecular weight is 401 g/mol. The minimum Gasteiger partial charge on any atom is -0.493 e. The van der Waals surface area contributed by atoms with E-state index in [1.54, 1.807) is 30.9 Å². The van der Waals surface area contributed by atoms with Gasteiger partial charge in [0.25, 0.3) is 5.56 Å². The summed E-state index contributed by atoms with van der Waals surface area (Å²) in [5.74, 6) is 1.56. The van der Waals surface area contributed by atoms with E-state index in [0.29, 0.717) is 40.4 Å². The third kappa shape index (κ3) is 3.64. The quantitative estimate of drug-likeness (QED) is 0.436. The number of nitrogens with zero attached hydrogens (tertiary/aromatic N) is 2. The summed E-state index contributed by atoms with van der Waals surface area (Å²) in [6, 6.07) is 5.49. The minimum absolute atomic E-state index is 0.135. The van der Waals surface area contributed by atoms with Crippen LogP contribution in [0.2, 0.25) is 0 Å². The number of nitrogens with one attached hydrogen (secondary N) is 1. The van der Waals surface area contributed by atoms with Crippen molar-refractivity contribution in [3.63, 3.8) is 0 Å². The summed E-state index contributed by atoms with van der Waals surface area (Å²) in [6.07, 6.45) is 1.87. The zero-order valence-electron chi connectivity index (χ0n) is 16.2. The second kappa shape index (κ2) is 8.52. The van der Waals surface area contributed by atoms with Gasteiger partial charge in [-0.15, -0.1) is 6.58 Å². The van der Waals surface area contributed by atoms with Crippen molar-refractivity contribution in [3.05, 3.63) is 52.3 Å². The van der Waals surface area contributed by atoms with E-state index >= 15 is 0 Å². The van der Waals surface area contributed by atoms with Gasteiger partial charge in [0.15, 0.2) is 16.7 Å². The number of anilines is 1. The number of methoxy groups -OCH3 is 1. The summed E-state index contributed by atoms with van der Waals surface area (Å²) in [7, 11) is 3.35. The van der Waals surface area contributed by atoms with Crippen molar-refractivity contribution in [3.8, 4) is 11.5 Å². The van der Waals surface area contributed by atoms with Gasteiger partial charge >= 0.3 is 0 Å². The Kier molecular flexibility index (Phi) is 6.08. The molecule has 1 amide bonds. The zero-order chi connectivity index (χ0) is 20.3. The molecular formula is C20H23N3O4S. The molecule has 0 unspecified atom stereocenters. The molecule has 8 heteroatoms. The van der Waals surface area contributed by atoms with Gasteiger partial charge in [-0.2, -0.15) is 4.98 Å². The molecule has 1 N–H and O–H groups in total. The van der Waals surface area contributed by atoms with Crippen LogP contribution in [0.4, 0.5) is 5.82 Å². The first kappa shape index (κ1) is 20.0. The van der Waals surface area contributed by atoms with E-state index in [9.17, 15) is 9.59 Å². The Bertz CT molecular complexity index is 971. The standard InChI is InChI=1S/C20H23N3O4S/c1-5-10-28-20-22-19(25)16-13(11-15(24)21-18(16)23(20)3)12-8-7-9-14(26-4)17(12)27-6-2/h5,7-9,13H,1,6,10-11H2,2-4H3,(H,21,24)/t13-/m1/s1. The lowest BCUT2D eigenvalue weighted by molar-refractivity contribution is -0.116. The van der Waals surface area contributed by atoms with Crippen LogP contribution in [0, 0.1) is 0 Å². The van der Waals surface area contributed by atoms with E-state index < -0.39 is 5.92 Å². The molecule has 7 nitrogen and oxygen atoms in total. The summed E-state index contributed by atoms with van der Waals surface area (Å²) < 4.78 is 13.0. The third-order valence-electron chi connectivity index (χ3n) is 4.52. The number of amides is 1. The molecule has 0 radical (unpaired) electrons. The maximum Gasteiger partial charge on any atom is 0.279 e. The number of para-hydroxylation sites is 1. The molecule has 0 fully saturated rings. The maximum absolute atomic E-state index is 12.9. The lowest BCUT2D eigenvalue weighted by Crippen LogP contribution is -2.33. The van der Waals surface area contributed by atoms with Gasteiger partial charge < -0.3 is 19.4 Å². The molecule has 0 saturated heterocycles. The van der Waals surface area contributed by atoms with E-state index in [2.05, 4.69) is 16.9 Å². The Morgan fingerprint density at radius 3 is 2.89 bits per heavy atom. The lowest BCUT2D eigenvalue weighted by Gasteiger charge is -2.28. The normalized spacial score (nSPS) is 15.5. The van der Waals surface area contributed by atoms with E-state index in [1.165, 1.54) is 11.8 Å². The molecule has 0 aliphatic carbocycles. The monoisotopic (exact) mass is 401 g/mol. The molecule has 0 saturated carbocycles. The molecule has 1 aliphatic rings. The fourth-order valence-corrected chi connectivity index (χ4v) is 4.03. The number of carbonyl (C=O) groups is 1. The first-order valence-electron chi connectivity index (χ1n) is 8.95. The number of aromatic nitrogens is 2. The van der Waals surface area contributed by atoms with Crippen LogP contribution in [0.25, 0.3) is 0 Å². The van der Waals surface area contributed by atoms with Crippen molar-refractivity contribution in [1.29, 1.82) is 0 Å². The second-order valence-corrected chi connectivity index (χ2v) is 7.22. The van der Waals surface area contributed by atoms with E-state index in [0.717, 1.165) is 5.56 Å². The number of hydrogen-bond donors (Lipinski definition) is 1. The van der Waals surface area contributed by atoms with Crippen molar-refractivity contribution < 1.29 is 14.3 Å². The average Bonchev–Trinajstić information content (AvgIpc) is 2.69. The van der Waals surface area contributed by atoms with Crippen LogP contribution >= 0.6 is 11.8 Å². The molecule has 3 rings (SSSR count). The van der Waals surface area contributed by atoms with Crippen LogP contribution in [0.1, 0.15) is 30.4 Å². The van der Waals surface area contributed by atoms with Crippen molar-refractivity contribution in [1.82, 2.24) is 9.55 Å². The van der Waals surface area contributed by atoms with E-state index in [-0.39, 0.29) is 17.9 Å². The largest absolute Gasteiger partial charge is 0.493 e. The van der Waals surface area contributed by atoms with Crippen LogP contribution in [0.15, 0.2) is 40.8 Å². The predicted molar refractivity (Wildman–Crippen MR) is 110 cm³/mol. The number of thioether (sulfide) groups is 1. The molecule has 1 aromatic carbocycles. The highest BCUT2D eigenvalue weighted by molar-refractivity contribution is 7.99. The summed E-state index contributed by atoms with van der Waals surface area (Å²) >= 11 is 1.39. The van der Waals surface area contributed by atoms with Crippen molar-refractivity contribution in [2.45, 2.75) is 24.4 Å². The molecule has 2 heterocycles. The molecule has 2 aromatic rings. The van der Waals surface area contributed by atoms with Crippen LogP contribution < -0.4 is 20.3 Å². The molecule has 1 aromatic heterocycles. The number of ether oxygens (including phenoxy) is 2. The Balaban J connectivity index is 2.20. The number of benzene rings is 1. The van der Waals surface area contributed by atoms with Gasteiger partial charge in [0, 0.05) is 30.7 Å². The highest BCUT2D eigenvalue weighted by atomic mass is 32.2. The first-order valence-corrected chi connectivity index (χ1v) is 9.94. The van der Waals surface area contributed by atoms with Gasteiger partial charge in [-0.1, -0.05) is 30.0 Å². The fourth-order valence-electron chi connectivity index (χ4n) is 3.33. The second-order valence-electron chi connectivity index (χ2n) is 6.24. The zero-order valence-corrected chi connectivity index (χ0v) is 17.0. The van der Waals surface area contributed by atoms with Gasteiger partial charge in [-0.3, -0.25) is 9.59 Å². The maximum atomic E-state index is 12.9. The molecule has 1 atom stereocenters. The summed E-state index contributed by atoms with van der Waals surface area (Å²) in [6.45, 7) is 6.00. The topological polar surface area (TPSA) is 82.5 Å². The van der Waals surface area contributed by atoms with Gasteiger partial charge in [0.05, 0.1) is 19.3 Å². The number of fused-ring (bicyclic) bond motifs is 1. The molecule has 148 valence electrons. The SMILES string of the molecule is C=CCSc1nc(=O)c2c(n1C)NC(=O)C[C@@H]2c1cccc(OC)c1OCC. The van der Waals surface area contributed by atoms with Crippen molar-refractivity contribution in [2.24, 2.45) is 7.05 Å². The van der Waals surface area contributed by atoms with Gasteiger partial charge in [0.1, 0.15) is 5.82 Å². The lowest BCUT2D eigenvalue weighted by atomic mass is 9.86. The Labute approximate surface area is 167 Å². The van der Waals surface area contributed by atoms with Gasteiger partial charge in [-0.05, 0) is 13.0 Å². The third-order valence-corrected chi connectivity index (χ3v) is 5.55. The van der Waals surface area contributed by atoms with Crippen molar-refractivity contribution in [2.75, 3.05) is 24.8 Å². The van der Waals surface area contributed by atoms with Crippen molar-refractivity contribution >= 4 is 23.5 Å². The van der Waals surface area contributed by atoms with Crippen LogP contribution in [-0.2, 0) is 11.8 Å². The van der Waals surface area contributed by atoms with Crippen LogP contribution in [0.5, 0.6) is 11.5 Å². The highest BCUT2D eigenvalue weighted by Crippen LogP contribution is 2.43. The number of carbonyl (C=O) groups excluding carboxylic acids is 1. The minimum atomic E-state index is -0.468. The molecular weight excluding hydrogens is 378 g/mol. The van der Waals surface area contributed by atoms with E-state index in [1.807, 2.05) is 19.1 Å². The Morgan fingerprint density at radius 2 is 2.21 bits per heavy atom. The smallest absolute Gasteiger partial charge is 0.279 e. The summed E-state index contributed by atoms with van der Waals surface area (Å²) in [5, 5.41) is 3.37. The first-order chi connectivity index (χ1) is 13.5.